The summed E-state index contributed by atoms with van der Waals surface area (Å²) in [6.45, 7) is 11.4. The number of H-pyrrole nitrogens is 2. The standard InChI is InChI=1S/C34H36FN7/c1-4-9-28(25-15-24(16-27(35)17-25)10-8-13-42-11-6-7-12-42)32-22(3)38-34(39-32)33-29-18-30(37-21-31(29)40-41-33)26-14-23(5-2)19-36-20-26/h4,9,14-21H,1,5-8,10-13H2,2-3H3,(H,38,39)(H,40,41)/b28-9-. The number of pyridine rings is 2. The Morgan fingerprint density at radius 2 is 1.93 bits per heavy atom. The minimum Gasteiger partial charge on any atom is -0.340 e. The Balaban J connectivity index is 1.32. The third kappa shape index (κ3) is 5.81. The molecule has 0 atom stereocenters. The Kier molecular flexibility index (Phi) is 8.06. The number of allylic oxidation sites excluding steroid dienone is 2. The summed E-state index contributed by atoms with van der Waals surface area (Å²) >= 11 is 0. The summed E-state index contributed by atoms with van der Waals surface area (Å²) in [5.74, 6) is 0.385. The van der Waals surface area contributed by atoms with Crippen LogP contribution in [0.4, 0.5) is 4.39 Å². The lowest BCUT2D eigenvalue weighted by atomic mass is 9.97. The number of nitrogens with zero attached hydrogens (tertiary/aromatic N) is 5. The fourth-order valence-corrected chi connectivity index (χ4v) is 5.80. The molecule has 0 radical (unpaired) electrons. The number of aromatic nitrogens is 6. The maximum Gasteiger partial charge on any atom is 0.159 e. The number of halogens is 1. The van der Waals surface area contributed by atoms with Crippen molar-refractivity contribution in [1.82, 2.24) is 35.0 Å². The van der Waals surface area contributed by atoms with E-state index >= 15 is 0 Å². The van der Waals surface area contributed by atoms with Crippen LogP contribution in [0.15, 0.2) is 67.7 Å². The summed E-state index contributed by atoms with van der Waals surface area (Å²) in [5, 5.41) is 8.57. The Bertz CT molecular complexity index is 1760. The Labute approximate surface area is 245 Å². The molecule has 5 aromatic rings. The Morgan fingerprint density at radius 1 is 1.07 bits per heavy atom. The molecule has 0 unspecified atom stereocenters. The first kappa shape index (κ1) is 27.7. The first-order valence-corrected chi connectivity index (χ1v) is 14.7. The number of fused-ring (bicyclic) bond motifs is 1. The first-order chi connectivity index (χ1) is 20.5. The van der Waals surface area contributed by atoms with Gasteiger partial charge in [0.1, 0.15) is 11.5 Å². The van der Waals surface area contributed by atoms with Crippen molar-refractivity contribution < 1.29 is 4.39 Å². The molecule has 0 aliphatic carbocycles. The molecule has 1 aliphatic heterocycles. The van der Waals surface area contributed by atoms with Crippen molar-refractivity contribution in [1.29, 1.82) is 0 Å². The predicted molar refractivity (Wildman–Crippen MR) is 166 cm³/mol. The van der Waals surface area contributed by atoms with Gasteiger partial charge in [-0.15, -0.1) is 0 Å². The molecule has 0 saturated carbocycles. The normalized spacial score (nSPS) is 14.2. The van der Waals surface area contributed by atoms with Gasteiger partial charge in [-0.2, -0.15) is 5.10 Å². The largest absolute Gasteiger partial charge is 0.340 e. The van der Waals surface area contributed by atoms with E-state index < -0.39 is 0 Å². The number of benzene rings is 1. The average Bonchev–Trinajstić information content (AvgIpc) is 3.75. The quantitative estimate of drug-likeness (QED) is 0.178. The highest BCUT2D eigenvalue weighted by atomic mass is 19.1. The van der Waals surface area contributed by atoms with Gasteiger partial charge in [-0.05, 0) is 99.6 Å². The topological polar surface area (TPSA) is 86.4 Å². The van der Waals surface area contributed by atoms with Gasteiger partial charge in [-0.25, -0.2) is 9.37 Å². The molecule has 7 nitrogen and oxygen atoms in total. The number of aromatic amines is 2. The van der Waals surface area contributed by atoms with Crippen molar-refractivity contribution in [3.8, 4) is 22.8 Å². The second kappa shape index (κ2) is 12.2. The fraction of sp³-hybridized carbons (Fsp3) is 0.294. The van der Waals surface area contributed by atoms with E-state index in [9.17, 15) is 4.39 Å². The van der Waals surface area contributed by atoms with Crippen LogP contribution in [0.1, 0.15) is 54.3 Å². The van der Waals surface area contributed by atoms with Crippen LogP contribution in [0.3, 0.4) is 0 Å². The summed E-state index contributed by atoms with van der Waals surface area (Å²) in [6.07, 6.45) is 14.4. The van der Waals surface area contributed by atoms with Gasteiger partial charge in [-0.1, -0.05) is 31.7 Å². The van der Waals surface area contributed by atoms with Gasteiger partial charge < -0.3 is 9.88 Å². The minimum atomic E-state index is -0.244. The second-order valence-electron chi connectivity index (χ2n) is 11.0. The maximum atomic E-state index is 14.9. The van der Waals surface area contributed by atoms with E-state index in [4.69, 9.17) is 4.98 Å². The lowest BCUT2D eigenvalue weighted by Gasteiger charge is -2.14. The molecule has 0 bridgehead atoms. The summed E-state index contributed by atoms with van der Waals surface area (Å²) in [6, 6.07) is 9.44. The molecule has 4 aromatic heterocycles. The highest BCUT2D eigenvalue weighted by Gasteiger charge is 2.19. The summed E-state index contributed by atoms with van der Waals surface area (Å²) < 4.78 is 14.9. The smallest absolute Gasteiger partial charge is 0.159 e. The summed E-state index contributed by atoms with van der Waals surface area (Å²) in [5.41, 5.74) is 8.64. The van der Waals surface area contributed by atoms with Crippen molar-refractivity contribution in [2.75, 3.05) is 19.6 Å². The van der Waals surface area contributed by atoms with Crippen LogP contribution in [-0.2, 0) is 12.8 Å². The SMILES string of the molecule is C=C/C=C(/c1cc(F)cc(CCCN2CCCC2)c1)c1nc(-c2n[nH]c3cnc(-c4cncc(CC)c4)cc23)[nH]c1C. The minimum absolute atomic E-state index is 0.244. The van der Waals surface area contributed by atoms with E-state index in [2.05, 4.69) is 55.7 Å². The van der Waals surface area contributed by atoms with E-state index in [1.807, 2.05) is 31.5 Å². The molecular formula is C34H36FN7. The van der Waals surface area contributed by atoms with Crippen molar-refractivity contribution in [3.05, 3.63) is 102 Å². The van der Waals surface area contributed by atoms with Crippen molar-refractivity contribution >= 4 is 16.5 Å². The number of hydrogen-bond acceptors (Lipinski definition) is 5. The number of likely N-dealkylation sites (tertiary alicyclic amines) is 1. The lowest BCUT2D eigenvalue weighted by Crippen LogP contribution is -2.20. The highest BCUT2D eigenvalue weighted by Crippen LogP contribution is 2.32. The van der Waals surface area contributed by atoms with Gasteiger partial charge >= 0.3 is 0 Å². The molecule has 1 fully saturated rings. The van der Waals surface area contributed by atoms with E-state index in [-0.39, 0.29) is 5.82 Å². The average molecular weight is 562 g/mol. The highest BCUT2D eigenvalue weighted by molar-refractivity contribution is 5.93. The molecule has 0 amide bonds. The zero-order chi connectivity index (χ0) is 29.1. The molecule has 0 spiro atoms. The Morgan fingerprint density at radius 3 is 2.74 bits per heavy atom. The van der Waals surface area contributed by atoms with Crippen molar-refractivity contribution in [3.63, 3.8) is 0 Å². The molecular weight excluding hydrogens is 525 g/mol. The van der Waals surface area contributed by atoms with Crippen molar-refractivity contribution in [2.45, 2.75) is 46.0 Å². The number of rotatable bonds is 10. The van der Waals surface area contributed by atoms with Crippen LogP contribution in [0.25, 0.3) is 39.3 Å². The van der Waals surface area contributed by atoms with Crippen LogP contribution in [-0.4, -0.2) is 54.7 Å². The van der Waals surface area contributed by atoms with Gasteiger partial charge in [0.2, 0.25) is 0 Å². The number of hydrogen-bond donors (Lipinski definition) is 2. The van der Waals surface area contributed by atoms with Gasteiger partial charge in [0.25, 0.3) is 0 Å². The molecule has 8 heteroatoms. The zero-order valence-corrected chi connectivity index (χ0v) is 24.3. The molecule has 1 saturated heterocycles. The lowest BCUT2D eigenvalue weighted by molar-refractivity contribution is 0.334. The van der Waals surface area contributed by atoms with E-state index in [0.717, 1.165) is 81.6 Å². The van der Waals surface area contributed by atoms with Crippen LogP contribution < -0.4 is 0 Å². The molecule has 2 N–H and O–H groups in total. The molecule has 42 heavy (non-hydrogen) atoms. The predicted octanol–water partition coefficient (Wildman–Crippen LogP) is 7.07. The number of imidazole rings is 1. The molecule has 6 rings (SSSR count). The van der Waals surface area contributed by atoms with Gasteiger partial charge in [0, 0.05) is 34.6 Å². The second-order valence-corrected chi connectivity index (χ2v) is 11.0. The first-order valence-electron chi connectivity index (χ1n) is 14.7. The van der Waals surface area contributed by atoms with E-state index in [1.165, 1.54) is 25.9 Å². The van der Waals surface area contributed by atoms with Crippen LogP contribution in [0.5, 0.6) is 0 Å². The van der Waals surface area contributed by atoms with Crippen LogP contribution in [0.2, 0.25) is 0 Å². The third-order valence-corrected chi connectivity index (χ3v) is 8.00. The molecule has 1 aliphatic rings. The van der Waals surface area contributed by atoms with Gasteiger partial charge in [-0.3, -0.25) is 15.1 Å². The molecule has 214 valence electrons. The fourth-order valence-electron chi connectivity index (χ4n) is 5.80. The molecule has 5 heterocycles. The van der Waals surface area contributed by atoms with E-state index in [0.29, 0.717) is 11.5 Å². The third-order valence-electron chi connectivity index (χ3n) is 8.00. The maximum absolute atomic E-state index is 14.9. The number of nitrogens with one attached hydrogen (secondary N) is 2. The Hall–Kier alpha value is -4.43. The van der Waals surface area contributed by atoms with Crippen molar-refractivity contribution in [2.24, 2.45) is 0 Å². The van der Waals surface area contributed by atoms with Gasteiger partial charge in [0.15, 0.2) is 5.82 Å². The van der Waals surface area contributed by atoms with Crippen LogP contribution in [0, 0.1) is 12.7 Å². The monoisotopic (exact) mass is 561 g/mol. The van der Waals surface area contributed by atoms with Crippen LogP contribution >= 0.6 is 0 Å². The van der Waals surface area contributed by atoms with Gasteiger partial charge in [0.05, 0.1) is 23.1 Å². The summed E-state index contributed by atoms with van der Waals surface area (Å²) in [4.78, 5) is 19.9. The number of aryl methyl sites for hydroxylation is 3. The summed E-state index contributed by atoms with van der Waals surface area (Å²) in [7, 11) is 0. The van der Waals surface area contributed by atoms with E-state index in [1.54, 1.807) is 24.4 Å². The molecule has 1 aromatic carbocycles. The zero-order valence-electron chi connectivity index (χ0n) is 24.3.